The van der Waals surface area contributed by atoms with Crippen molar-refractivity contribution < 1.29 is 0 Å². The third kappa shape index (κ3) is 2.23. The molecule has 0 aliphatic heterocycles. The van der Waals surface area contributed by atoms with Crippen LogP contribution in [0.25, 0.3) is 0 Å². The average molecular weight is 207 g/mol. The zero-order valence-electron chi connectivity index (χ0n) is 9.79. The molecule has 1 aliphatic rings. The summed E-state index contributed by atoms with van der Waals surface area (Å²) >= 11 is 0. The molecule has 0 radical (unpaired) electrons. The van der Waals surface area contributed by atoms with Crippen LogP contribution in [0.15, 0.2) is 6.20 Å². The predicted octanol–water partition coefficient (Wildman–Crippen LogP) is 1.84. The standard InChI is InChI=1S/C12H21N3/c1-13-8-4-7-11-9-14-15(2)12(11)10-5-3-6-10/h9-10,13H,3-8H2,1-2H3. The van der Waals surface area contributed by atoms with Crippen molar-refractivity contribution in [2.24, 2.45) is 7.05 Å². The Bertz CT molecular complexity index is 313. The molecule has 1 N–H and O–H groups in total. The smallest absolute Gasteiger partial charge is 0.0524 e. The van der Waals surface area contributed by atoms with Gasteiger partial charge in [0, 0.05) is 18.7 Å². The second-order valence-corrected chi connectivity index (χ2v) is 4.51. The summed E-state index contributed by atoms with van der Waals surface area (Å²) in [6, 6.07) is 0. The van der Waals surface area contributed by atoms with E-state index in [0.717, 1.165) is 12.5 Å². The zero-order valence-corrected chi connectivity index (χ0v) is 9.79. The molecule has 3 nitrogen and oxygen atoms in total. The molecule has 1 fully saturated rings. The van der Waals surface area contributed by atoms with Gasteiger partial charge in [-0.25, -0.2) is 0 Å². The third-order valence-electron chi connectivity index (χ3n) is 3.43. The molecule has 0 aromatic carbocycles. The van der Waals surface area contributed by atoms with Crippen LogP contribution in [0.3, 0.4) is 0 Å². The summed E-state index contributed by atoms with van der Waals surface area (Å²) in [5.41, 5.74) is 2.97. The van der Waals surface area contributed by atoms with Gasteiger partial charge < -0.3 is 5.32 Å². The van der Waals surface area contributed by atoms with Gasteiger partial charge >= 0.3 is 0 Å². The normalized spacial score (nSPS) is 16.7. The molecule has 0 unspecified atom stereocenters. The van der Waals surface area contributed by atoms with Crippen LogP contribution < -0.4 is 5.32 Å². The molecule has 0 saturated heterocycles. The van der Waals surface area contributed by atoms with Gasteiger partial charge in [-0.1, -0.05) is 6.42 Å². The number of hydrogen-bond donors (Lipinski definition) is 1. The van der Waals surface area contributed by atoms with Gasteiger partial charge in [0.25, 0.3) is 0 Å². The van der Waals surface area contributed by atoms with Crippen molar-refractivity contribution in [3.05, 3.63) is 17.5 Å². The maximum absolute atomic E-state index is 4.39. The van der Waals surface area contributed by atoms with E-state index in [2.05, 4.69) is 28.3 Å². The van der Waals surface area contributed by atoms with Crippen LogP contribution in [0, 0.1) is 0 Å². The molecule has 84 valence electrons. The van der Waals surface area contributed by atoms with Crippen LogP contribution in [0.2, 0.25) is 0 Å². The van der Waals surface area contributed by atoms with Gasteiger partial charge in [0.1, 0.15) is 0 Å². The van der Waals surface area contributed by atoms with Gasteiger partial charge in [-0.15, -0.1) is 0 Å². The first-order valence-corrected chi connectivity index (χ1v) is 5.98. The number of hydrogen-bond acceptors (Lipinski definition) is 2. The Labute approximate surface area is 91.9 Å². The number of rotatable bonds is 5. The van der Waals surface area contributed by atoms with Crippen LogP contribution in [-0.2, 0) is 13.5 Å². The number of nitrogens with zero attached hydrogens (tertiary/aromatic N) is 2. The molecule has 0 atom stereocenters. The van der Waals surface area contributed by atoms with Crippen LogP contribution in [-0.4, -0.2) is 23.4 Å². The SMILES string of the molecule is CNCCCc1cnn(C)c1C1CCC1. The summed E-state index contributed by atoms with van der Waals surface area (Å²) in [6.45, 7) is 1.10. The highest BCUT2D eigenvalue weighted by molar-refractivity contribution is 5.23. The molecule has 2 rings (SSSR count). The van der Waals surface area contributed by atoms with Crippen molar-refractivity contribution >= 4 is 0 Å². The van der Waals surface area contributed by atoms with Crippen LogP contribution in [0.5, 0.6) is 0 Å². The molecule has 0 bridgehead atoms. The lowest BCUT2D eigenvalue weighted by molar-refractivity contribution is 0.394. The Morgan fingerprint density at radius 1 is 1.53 bits per heavy atom. The molecule has 1 aromatic heterocycles. The van der Waals surface area contributed by atoms with Gasteiger partial charge in [-0.2, -0.15) is 5.10 Å². The van der Waals surface area contributed by atoms with E-state index >= 15 is 0 Å². The quantitative estimate of drug-likeness (QED) is 0.747. The lowest BCUT2D eigenvalue weighted by Gasteiger charge is -2.26. The average Bonchev–Trinajstić information content (AvgIpc) is 2.48. The number of aromatic nitrogens is 2. The minimum absolute atomic E-state index is 0.794. The van der Waals surface area contributed by atoms with Crippen molar-refractivity contribution in [2.75, 3.05) is 13.6 Å². The van der Waals surface area contributed by atoms with Gasteiger partial charge in [0.15, 0.2) is 0 Å². The van der Waals surface area contributed by atoms with Gasteiger partial charge in [-0.05, 0) is 44.8 Å². The molecule has 15 heavy (non-hydrogen) atoms. The fraction of sp³-hybridized carbons (Fsp3) is 0.750. The summed E-state index contributed by atoms with van der Waals surface area (Å²) in [4.78, 5) is 0. The van der Waals surface area contributed by atoms with E-state index in [4.69, 9.17) is 0 Å². The fourth-order valence-electron chi connectivity index (χ4n) is 2.35. The Morgan fingerprint density at radius 2 is 2.33 bits per heavy atom. The van der Waals surface area contributed by atoms with Gasteiger partial charge in [0.2, 0.25) is 0 Å². The van der Waals surface area contributed by atoms with E-state index in [1.54, 1.807) is 0 Å². The predicted molar refractivity (Wildman–Crippen MR) is 62.0 cm³/mol. The largest absolute Gasteiger partial charge is 0.320 e. The van der Waals surface area contributed by atoms with Crippen molar-refractivity contribution in [2.45, 2.75) is 38.0 Å². The Morgan fingerprint density at radius 3 is 2.93 bits per heavy atom. The topological polar surface area (TPSA) is 29.9 Å². The van der Waals surface area contributed by atoms with E-state index in [0.29, 0.717) is 0 Å². The van der Waals surface area contributed by atoms with Gasteiger partial charge in [0.05, 0.1) is 6.20 Å². The highest BCUT2D eigenvalue weighted by atomic mass is 15.3. The minimum Gasteiger partial charge on any atom is -0.320 e. The first-order valence-electron chi connectivity index (χ1n) is 5.98. The second kappa shape index (κ2) is 4.79. The second-order valence-electron chi connectivity index (χ2n) is 4.51. The molecule has 1 saturated carbocycles. The summed E-state index contributed by atoms with van der Waals surface area (Å²) < 4.78 is 2.08. The Kier molecular flexibility index (Phi) is 3.41. The molecular formula is C12H21N3. The summed E-state index contributed by atoms with van der Waals surface area (Å²) in [7, 11) is 4.09. The molecular weight excluding hydrogens is 186 g/mol. The molecule has 0 spiro atoms. The monoisotopic (exact) mass is 207 g/mol. The lowest BCUT2D eigenvalue weighted by atomic mass is 9.81. The fourth-order valence-corrected chi connectivity index (χ4v) is 2.35. The van der Waals surface area contributed by atoms with Crippen molar-refractivity contribution in [1.29, 1.82) is 0 Å². The maximum Gasteiger partial charge on any atom is 0.0524 e. The summed E-state index contributed by atoms with van der Waals surface area (Å²) in [5.74, 6) is 0.794. The first kappa shape index (κ1) is 10.7. The molecule has 1 aliphatic carbocycles. The summed E-state index contributed by atoms with van der Waals surface area (Å²) in [5, 5.41) is 7.59. The molecule has 1 aromatic rings. The van der Waals surface area contributed by atoms with Gasteiger partial charge in [-0.3, -0.25) is 4.68 Å². The van der Waals surface area contributed by atoms with Crippen LogP contribution >= 0.6 is 0 Å². The summed E-state index contributed by atoms with van der Waals surface area (Å²) in [6.07, 6.45) is 8.55. The molecule has 3 heteroatoms. The molecule has 1 heterocycles. The van der Waals surface area contributed by atoms with E-state index < -0.39 is 0 Å². The Hall–Kier alpha value is -0.830. The lowest BCUT2D eigenvalue weighted by Crippen LogP contribution is -2.15. The van der Waals surface area contributed by atoms with Crippen molar-refractivity contribution in [1.82, 2.24) is 15.1 Å². The third-order valence-corrected chi connectivity index (χ3v) is 3.43. The van der Waals surface area contributed by atoms with E-state index in [1.807, 2.05) is 7.05 Å². The number of nitrogens with one attached hydrogen (secondary N) is 1. The van der Waals surface area contributed by atoms with E-state index in [1.165, 1.54) is 43.4 Å². The Balaban J connectivity index is 2.02. The van der Waals surface area contributed by atoms with Crippen molar-refractivity contribution in [3.8, 4) is 0 Å². The zero-order chi connectivity index (χ0) is 10.7. The first-order chi connectivity index (χ1) is 7.33. The van der Waals surface area contributed by atoms with E-state index in [-0.39, 0.29) is 0 Å². The number of aryl methyl sites for hydroxylation is 2. The molecule has 0 amide bonds. The maximum atomic E-state index is 4.39. The van der Waals surface area contributed by atoms with E-state index in [9.17, 15) is 0 Å². The highest BCUT2D eigenvalue weighted by Gasteiger charge is 2.24. The van der Waals surface area contributed by atoms with Crippen molar-refractivity contribution in [3.63, 3.8) is 0 Å². The van der Waals surface area contributed by atoms with Crippen LogP contribution in [0.1, 0.15) is 42.9 Å². The minimum atomic E-state index is 0.794. The van der Waals surface area contributed by atoms with Crippen LogP contribution in [0.4, 0.5) is 0 Å². The highest BCUT2D eigenvalue weighted by Crippen LogP contribution is 2.37.